The zero-order chi connectivity index (χ0) is 25.0. The largest absolute Gasteiger partial charge is 0.505 e. The number of pyridine rings is 2. The third-order valence-electron chi connectivity index (χ3n) is 5.17. The SMILES string of the molecule is COCCNC(=O)c1c(O)c2ncc(Cc3ccc(F)cc3CNS(C)(=O)=O)cc2n(C)c1=O. The van der Waals surface area contributed by atoms with E-state index in [2.05, 4.69) is 15.0 Å². The third-order valence-corrected chi connectivity index (χ3v) is 5.84. The fourth-order valence-electron chi connectivity index (χ4n) is 3.45. The lowest BCUT2D eigenvalue weighted by atomic mass is 10.00. The number of carbonyl (C=O) groups is 1. The van der Waals surface area contributed by atoms with Crippen molar-refractivity contribution in [2.45, 2.75) is 13.0 Å². The number of carbonyl (C=O) groups excluding carboxylic acids is 1. The molecule has 0 saturated heterocycles. The van der Waals surface area contributed by atoms with Crippen molar-refractivity contribution in [3.8, 4) is 5.75 Å². The summed E-state index contributed by atoms with van der Waals surface area (Å²) in [7, 11) is -0.549. The highest BCUT2D eigenvalue weighted by Crippen LogP contribution is 2.26. The molecule has 0 bridgehead atoms. The molecule has 0 atom stereocenters. The fraction of sp³-hybridized carbons (Fsp3) is 0.318. The Bertz CT molecular complexity index is 1400. The number of rotatable bonds is 9. The molecule has 0 unspecified atom stereocenters. The van der Waals surface area contributed by atoms with Crippen LogP contribution in [0.25, 0.3) is 11.0 Å². The molecule has 0 aliphatic carbocycles. The second kappa shape index (κ2) is 10.3. The van der Waals surface area contributed by atoms with Crippen LogP contribution in [-0.2, 0) is 34.8 Å². The van der Waals surface area contributed by atoms with Crippen molar-refractivity contribution in [2.24, 2.45) is 7.05 Å². The summed E-state index contributed by atoms with van der Waals surface area (Å²) >= 11 is 0. The molecule has 0 saturated carbocycles. The molecule has 0 fully saturated rings. The summed E-state index contributed by atoms with van der Waals surface area (Å²) in [4.78, 5) is 29.5. The van der Waals surface area contributed by atoms with Crippen LogP contribution in [0.1, 0.15) is 27.0 Å². The Labute approximate surface area is 195 Å². The summed E-state index contributed by atoms with van der Waals surface area (Å²) in [6.45, 7) is 0.317. The highest BCUT2D eigenvalue weighted by molar-refractivity contribution is 7.88. The Morgan fingerprint density at radius 2 is 2.00 bits per heavy atom. The van der Waals surface area contributed by atoms with Crippen LogP contribution < -0.4 is 15.6 Å². The van der Waals surface area contributed by atoms with Crippen molar-refractivity contribution in [1.82, 2.24) is 19.6 Å². The highest BCUT2D eigenvalue weighted by atomic mass is 32.2. The van der Waals surface area contributed by atoms with Gasteiger partial charge in [0.1, 0.15) is 16.9 Å². The van der Waals surface area contributed by atoms with E-state index in [4.69, 9.17) is 4.74 Å². The Morgan fingerprint density at radius 1 is 1.26 bits per heavy atom. The Kier molecular flexibility index (Phi) is 7.64. The lowest BCUT2D eigenvalue weighted by Crippen LogP contribution is -2.34. The number of hydrogen-bond acceptors (Lipinski definition) is 7. The van der Waals surface area contributed by atoms with E-state index in [1.807, 2.05) is 0 Å². The van der Waals surface area contributed by atoms with Crippen LogP contribution in [0.5, 0.6) is 5.75 Å². The molecule has 2 heterocycles. The monoisotopic (exact) mass is 492 g/mol. The minimum Gasteiger partial charge on any atom is -0.505 e. The van der Waals surface area contributed by atoms with Gasteiger partial charge in [0.2, 0.25) is 10.0 Å². The van der Waals surface area contributed by atoms with E-state index < -0.39 is 38.6 Å². The predicted octanol–water partition coefficient (Wildman–Crippen LogP) is 0.794. The van der Waals surface area contributed by atoms with Crippen molar-refractivity contribution in [2.75, 3.05) is 26.5 Å². The lowest BCUT2D eigenvalue weighted by molar-refractivity contribution is 0.0932. The van der Waals surface area contributed by atoms with Crippen LogP contribution >= 0.6 is 0 Å². The van der Waals surface area contributed by atoms with E-state index >= 15 is 0 Å². The zero-order valence-electron chi connectivity index (χ0n) is 18.9. The molecule has 0 spiro atoms. The molecule has 12 heteroatoms. The summed E-state index contributed by atoms with van der Waals surface area (Å²) in [5.74, 6) is -1.77. The van der Waals surface area contributed by atoms with E-state index in [-0.39, 0.29) is 31.6 Å². The van der Waals surface area contributed by atoms with Gasteiger partial charge in [0.25, 0.3) is 11.5 Å². The molecule has 10 nitrogen and oxygen atoms in total. The minimum atomic E-state index is -3.48. The standard InChI is InChI=1S/C22H25FN4O6S/c1-27-17-9-13(8-14-4-5-16(23)10-15(14)12-26-34(3,31)32)11-25-19(17)20(28)18(22(27)30)21(29)24-6-7-33-2/h4-5,9-11,26,28H,6-8,12H2,1-3H3,(H,24,29). The number of sulfonamides is 1. The smallest absolute Gasteiger partial charge is 0.267 e. The van der Waals surface area contributed by atoms with Crippen molar-refractivity contribution in [1.29, 1.82) is 0 Å². The van der Waals surface area contributed by atoms with Crippen LogP contribution in [-0.4, -0.2) is 55.5 Å². The lowest BCUT2D eigenvalue weighted by Gasteiger charge is -2.14. The molecule has 1 aromatic carbocycles. The zero-order valence-corrected chi connectivity index (χ0v) is 19.7. The van der Waals surface area contributed by atoms with Gasteiger partial charge in [-0.15, -0.1) is 0 Å². The average molecular weight is 493 g/mol. The fourth-order valence-corrected chi connectivity index (χ4v) is 3.86. The predicted molar refractivity (Wildman–Crippen MR) is 124 cm³/mol. The summed E-state index contributed by atoms with van der Waals surface area (Å²) in [6, 6.07) is 5.69. The van der Waals surface area contributed by atoms with Crippen molar-refractivity contribution in [3.63, 3.8) is 0 Å². The topological polar surface area (TPSA) is 140 Å². The van der Waals surface area contributed by atoms with Crippen LogP contribution in [0, 0.1) is 5.82 Å². The van der Waals surface area contributed by atoms with Gasteiger partial charge in [-0.1, -0.05) is 6.07 Å². The van der Waals surface area contributed by atoms with Gasteiger partial charge in [-0.05, 0) is 41.3 Å². The molecular formula is C22H25FN4O6S. The Hall–Kier alpha value is -3.35. The summed E-state index contributed by atoms with van der Waals surface area (Å²) in [5, 5.41) is 13.1. The van der Waals surface area contributed by atoms with E-state index in [0.29, 0.717) is 22.2 Å². The first-order valence-corrected chi connectivity index (χ1v) is 12.1. The number of hydrogen-bond donors (Lipinski definition) is 3. The first-order valence-electron chi connectivity index (χ1n) is 10.2. The molecule has 34 heavy (non-hydrogen) atoms. The molecule has 0 aliphatic heterocycles. The second-order valence-electron chi connectivity index (χ2n) is 7.73. The number of aryl methyl sites for hydroxylation is 1. The van der Waals surface area contributed by atoms with Gasteiger partial charge < -0.3 is 19.7 Å². The van der Waals surface area contributed by atoms with Gasteiger partial charge in [0.15, 0.2) is 5.75 Å². The summed E-state index contributed by atoms with van der Waals surface area (Å²) in [5.41, 5.74) is 0.990. The second-order valence-corrected chi connectivity index (χ2v) is 9.56. The number of nitrogens with one attached hydrogen (secondary N) is 2. The molecule has 3 rings (SSSR count). The molecule has 2 aromatic heterocycles. The van der Waals surface area contributed by atoms with Gasteiger partial charge in [0, 0.05) is 33.4 Å². The maximum atomic E-state index is 13.8. The van der Waals surface area contributed by atoms with Crippen LogP contribution in [0.3, 0.4) is 0 Å². The maximum Gasteiger partial charge on any atom is 0.267 e. The number of benzene rings is 1. The Balaban J connectivity index is 1.98. The molecule has 182 valence electrons. The van der Waals surface area contributed by atoms with Crippen molar-refractivity contribution in [3.05, 3.63) is 68.9 Å². The number of aromatic nitrogens is 2. The number of methoxy groups -OCH3 is 1. The molecule has 0 aliphatic rings. The highest BCUT2D eigenvalue weighted by Gasteiger charge is 2.22. The Morgan fingerprint density at radius 3 is 2.68 bits per heavy atom. The van der Waals surface area contributed by atoms with E-state index in [1.54, 1.807) is 12.1 Å². The number of ether oxygens (including phenoxy) is 1. The number of halogens is 1. The average Bonchev–Trinajstić information content (AvgIpc) is 2.77. The normalized spacial score (nSPS) is 11.6. The number of amides is 1. The van der Waals surface area contributed by atoms with Crippen LogP contribution in [0.15, 0.2) is 35.3 Å². The van der Waals surface area contributed by atoms with Gasteiger partial charge >= 0.3 is 0 Å². The summed E-state index contributed by atoms with van der Waals surface area (Å²) < 4.78 is 45.1. The number of aromatic hydroxyl groups is 1. The minimum absolute atomic E-state index is 0.0702. The van der Waals surface area contributed by atoms with E-state index in [9.17, 15) is 27.5 Å². The number of fused-ring (bicyclic) bond motifs is 1. The molecule has 1 amide bonds. The van der Waals surface area contributed by atoms with Crippen LogP contribution in [0.4, 0.5) is 4.39 Å². The summed E-state index contributed by atoms with van der Waals surface area (Å²) in [6.07, 6.45) is 2.74. The quantitative estimate of drug-likeness (QED) is 0.375. The maximum absolute atomic E-state index is 13.8. The molecule has 0 radical (unpaired) electrons. The first kappa shape index (κ1) is 25.3. The van der Waals surface area contributed by atoms with E-state index in [0.717, 1.165) is 6.26 Å². The van der Waals surface area contributed by atoms with Gasteiger partial charge in [0.05, 0.1) is 18.4 Å². The molecule has 3 N–H and O–H groups in total. The van der Waals surface area contributed by atoms with Crippen LogP contribution in [0.2, 0.25) is 0 Å². The van der Waals surface area contributed by atoms with E-state index in [1.165, 1.54) is 37.1 Å². The van der Waals surface area contributed by atoms with Gasteiger partial charge in [-0.25, -0.2) is 17.5 Å². The van der Waals surface area contributed by atoms with Gasteiger partial charge in [-0.2, -0.15) is 0 Å². The first-order chi connectivity index (χ1) is 16.0. The van der Waals surface area contributed by atoms with Crippen molar-refractivity contribution < 1.29 is 27.4 Å². The molecular weight excluding hydrogens is 467 g/mol. The van der Waals surface area contributed by atoms with Crippen molar-refractivity contribution >= 4 is 27.0 Å². The molecule has 3 aromatic rings. The van der Waals surface area contributed by atoms with Gasteiger partial charge in [-0.3, -0.25) is 14.6 Å². The third kappa shape index (κ3) is 5.76. The number of nitrogens with zero attached hydrogens (tertiary/aromatic N) is 2.